The van der Waals surface area contributed by atoms with E-state index in [2.05, 4.69) is 10.1 Å². The van der Waals surface area contributed by atoms with Gasteiger partial charge in [-0.05, 0) is 48.5 Å². The zero-order valence-electron chi connectivity index (χ0n) is 15.6. The van der Waals surface area contributed by atoms with E-state index >= 15 is 0 Å². The number of benzene rings is 3. The molecular weight excluding hydrogens is 356 g/mol. The van der Waals surface area contributed by atoms with E-state index in [1.165, 1.54) is 12.0 Å². The lowest BCUT2D eigenvalue weighted by Gasteiger charge is -2.16. The van der Waals surface area contributed by atoms with Gasteiger partial charge in [-0.1, -0.05) is 30.3 Å². The number of carbonyl (C=O) groups is 2. The van der Waals surface area contributed by atoms with E-state index in [1.807, 2.05) is 36.4 Å². The highest BCUT2D eigenvalue weighted by Gasteiger charge is 2.14. The topological polar surface area (TPSA) is 67.9 Å². The summed E-state index contributed by atoms with van der Waals surface area (Å²) in [5, 5.41) is 2.84. The summed E-state index contributed by atoms with van der Waals surface area (Å²) in [6, 6.07) is 23.2. The molecule has 0 aliphatic carbocycles. The van der Waals surface area contributed by atoms with Gasteiger partial charge in [0, 0.05) is 18.4 Å². The summed E-state index contributed by atoms with van der Waals surface area (Å²) in [5.41, 5.74) is 1.67. The highest BCUT2D eigenvalue weighted by molar-refractivity contribution is 6.06. The van der Waals surface area contributed by atoms with Gasteiger partial charge in [0.15, 0.2) is 0 Å². The molecule has 0 aromatic heterocycles. The molecule has 0 saturated carbocycles. The van der Waals surface area contributed by atoms with Gasteiger partial charge < -0.3 is 14.8 Å². The van der Waals surface area contributed by atoms with E-state index < -0.39 is 6.09 Å². The fourth-order valence-electron chi connectivity index (χ4n) is 2.57. The predicted molar refractivity (Wildman–Crippen MR) is 108 cm³/mol. The van der Waals surface area contributed by atoms with Crippen molar-refractivity contribution in [2.75, 3.05) is 24.4 Å². The van der Waals surface area contributed by atoms with Crippen LogP contribution in [0.1, 0.15) is 10.4 Å². The van der Waals surface area contributed by atoms with Crippen molar-refractivity contribution in [3.05, 3.63) is 84.4 Å². The molecule has 28 heavy (non-hydrogen) atoms. The number of methoxy groups -OCH3 is 1. The molecule has 0 aliphatic heterocycles. The van der Waals surface area contributed by atoms with E-state index in [0.717, 1.165) is 0 Å². The van der Waals surface area contributed by atoms with Crippen LogP contribution in [0.5, 0.6) is 11.5 Å². The van der Waals surface area contributed by atoms with Gasteiger partial charge in [0.25, 0.3) is 5.91 Å². The van der Waals surface area contributed by atoms with E-state index in [0.29, 0.717) is 28.4 Å². The first-order chi connectivity index (χ1) is 13.6. The smallest absolute Gasteiger partial charge is 0.413 e. The van der Waals surface area contributed by atoms with Crippen molar-refractivity contribution in [1.29, 1.82) is 0 Å². The first-order valence-electron chi connectivity index (χ1n) is 8.63. The van der Waals surface area contributed by atoms with Gasteiger partial charge in [-0.2, -0.15) is 0 Å². The van der Waals surface area contributed by atoms with Crippen LogP contribution < -0.4 is 15.0 Å². The first-order valence-corrected chi connectivity index (χ1v) is 8.63. The van der Waals surface area contributed by atoms with Crippen LogP contribution in [0.25, 0.3) is 0 Å². The molecule has 0 aliphatic rings. The molecular formula is C22H20N2O4. The predicted octanol–water partition coefficient (Wildman–Crippen LogP) is 4.93. The van der Waals surface area contributed by atoms with Crippen LogP contribution in [0.2, 0.25) is 0 Å². The summed E-state index contributed by atoms with van der Waals surface area (Å²) in [6.07, 6.45) is -0.469. The molecule has 0 saturated heterocycles. The molecule has 0 heterocycles. The lowest BCUT2D eigenvalue weighted by molar-refractivity contribution is 0.102. The summed E-state index contributed by atoms with van der Waals surface area (Å²) in [4.78, 5) is 25.7. The van der Waals surface area contributed by atoms with Crippen LogP contribution in [-0.4, -0.2) is 26.2 Å². The number of hydrogen-bond acceptors (Lipinski definition) is 4. The Morgan fingerprint density at radius 2 is 1.50 bits per heavy atom. The Morgan fingerprint density at radius 1 is 0.857 bits per heavy atom. The van der Waals surface area contributed by atoms with Gasteiger partial charge >= 0.3 is 6.09 Å². The molecule has 0 spiro atoms. The van der Waals surface area contributed by atoms with E-state index in [9.17, 15) is 9.59 Å². The first kappa shape index (κ1) is 19.0. The van der Waals surface area contributed by atoms with Crippen molar-refractivity contribution in [3.8, 4) is 11.5 Å². The van der Waals surface area contributed by atoms with Crippen LogP contribution in [0.3, 0.4) is 0 Å². The maximum atomic E-state index is 12.7. The number of rotatable bonds is 5. The third-order valence-corrected chi connectivity index (χ3v) is 4.06. The third kappa shape index (κ3) is 4.48. The van der Waals surface area contributed by atoms with Crippen molar-refractivity contribution >= 4 is 23.4 Å². The molecule has 3 aromatic rings. The second kappa shape index (κ2) is 8.73. The average Bonchev–Trinajstić information content (AvgIpc) is 2.74. The lowest BCUT2D eigenvalue weighted by Crippen LogP contribution is -2.25. The van der Waals surface area contributed by atoms with Gasteiger partial charge in [0.1, 0.15) is 11.5 Å². The fourth-order valence-corrected chi connectivity index (χ4v) is 2.57. The van der Waals surface area contributed by atoms with Crippen LogP contribution in [-0.2, 0) is 4.74 Å². The second-order valence-electron chi connectivity index (χ2n) is 5.94. The molecule has 0 atom stereocenters. The minimum atomic E-state index is -0.469. The van der Waals surface area contributed by atoms with Gasteiger partial charge in [0.2, 0.25) is 0 Å². The summed E-state index contributed by atoms with van der Waals surface area (Å²) in [7, 11) is 2.93. The molecule has 142 valence electrons. The summed E-state index contributed by atoms with van der Waals surface area (Å²) < 4.78 is 10.5. The number of hydrogen-bond donors (Lipinski definition) is 1. The zero-order chi connectivity index (χ0) is 19.9. The molecule has 0 bridgehead atoms. The number of ether oxygens (including phenoxy) is 2. The average molecular weight is 376 g/mol. The summed E-state index contributed by atoms with van der Waals surface area (Å²) in [5.74, 6) is 0.826. The Hall–Kier alpha value is -3.80. The van der Waals surface area contributed by atoms with Crippen LogP contribution in [0, 0.1) is 0 Å². The molecule has 2 amide bonds. The van der Waals surface area contributed by atoms with E-state index in [-0.39, 0.29) is 5.91 Å². The normalized spacial score (nSPS) is 10.1. The fraction of sp³-hybridized carbons (Fsp3) is 0.0909. The van der Waals surface area contributed by atoms with Crippen molar-refractivity contribution in [2.24, 2.45) is 0 Å². The SMILES string of the molecule is COC(=O)N(C)c1ccc(NC(=O)c2ccccc2Oc2ccccc2)cc1. The monoisotopic (exact) mass is 376 g/mol. The van der Waals surface area contributed by atoms with Gasteiger partial charge in [0.05, 0.1) is 12.7 Å². The third-order valence-electron chi connectivity index (χ3n) is 4.06. The Bertz CT molecular complexity index is 956. The van der Waals surface area contributed by atoms with Gasteiger partial charge in [-0.25, -0.2) is 4.79 Å². The van der Waals surface area contributed by atoms with Crippen LogP contribution >= 0.6 is 0 Å². The number of amides is 2. The molecule has 0 fully saturated rings. The maximum Gasteiger partial charge on any atom is 0.413 e. The molecule has 1 N–H and O–H groups in total. The molecule has 0 radical (unpaired) electrons. The van der Waals surface area contributed by atoms with Crippen LogP contribution in [0.15, 0.2) is 78.9 Å². The molecule has 6 nitrogen and oxygen atoms in total. The van der Waals surface area contributed by atoms with Crippen molar-refractivity contribution in [2.45, 2.75) is 0 Å². The highest BCUT2D eigenvalue weighted by atomic mass is 16.5. The van der Waals surface area contributed by atoms with Gasteiger partial charge in [-0.15, -0.1) is 0 Å². The second-order valence-corrected chi connectivity index (χ2v) is 5.94. The number of para-hydroxylation sites is 2. The van der Waals surface area contributed by atoms with Crippen molar-refractivity contribution in [3.63, 3.8) is 0 Å². The Kier molecular flexibility index (Phi) is 5.91. The standard InChI is InChI=1S/C22H20N2O4/c1-24(22(26)27-2)17-14-12-16(13-15-17)23-21(25)19-10-6-7-11-20(19)28-18-8-4-3-5-9-18/h3-15H,1-2H3,(H,23,25). The lowest BCUT2D eigenvalue weighted by atomic mass is 10.1. The minimum absolute atomic E-state index is 0.291. The van der Waals surface area contributed by atoms with Crippen molar-refractivity contribution in [1.82, 2.24) is 0 Å². The number of anilines is 2. The Labute approximate surface area is 163 Å². The number of carbonyl (C=O) groups excluding carboxylic acids is 2. The molecule has 3 rings (SSSR count). The van der Waals surface area contributed by atoms with E-state index in [4.69, 9.17) is 4.74 Å². The molecule has 3 aromatic carbocycles. The largest absolute Gasteiger partial charge is 0.457 e. The number of nitrogens with one attached hydrogen (secondary N) is 1. The van der Waals surface area contributed by atoms with Crippen molar-refractivity contribution < 1.29 is 19.1 Å². The Morgan fingerprint density at radius 3 is 2.18 bits per heavy atom. The maximum absolute atomic E-state index is 12.7. The number of nitrogens with zero attached hydrogens (tertiary/aromatic N) is 1. The molecule has 6 heteroatoms. The Balaban J connectivity index is 1.74. The summed E-state index contributed by atoms with van der Waals surface area (Å²) in [6.45, 7) is 0. The van der Waals surface area contributed by atoms with Gasteiger partial charge in [-0.3, -0.25) is 9.69 Å². The quantitative estimate of drug-likeness (QED) is 0.685. The zero-order valence-corrected chi connectivity index (χ0v) is 15.6. The summed E-state index contributed by atoms with van der Waals surface area (Å²) >= 11 is 0. The molecule has 0 unspecified atom stereocenters. The minimum Gasteiger partial charge on any atom is -0.457 e. The van der Waals surface area contributed by atoms with E-state index in [1.54, 1.807) is 49.5 Å². The van der Waals surface area contributed by atoms with Crippen LogP contribution in [0.4, 0.5) is 16.2 Å². The highest BCUT2D eigenvalue weighted by Crippen LogP contribution is 2.26.